The second-order valence-electron chi connectivity index (χ2n) is 5.68. The summed E-state index contributed by atoms with van der Waals surface area (Å²) in [6.45, 7) is 3.12. The lowest BCUT2D eigenvalue weighted by Gasteiger charge is -2.28. The molecule has 1 aliphatic heterocycles. The first-order valence-corrected chi connectivity index (χ1v) is 5.79. The van der Waals surface area contributed by atoms with Gasteiger partial charge in [0.25, 0.3) is 0 Å². The third kappa shape index (κ3) is 3.50. The van der Waals surface area contributed by atoms with Crippen LogP contribution in [0.25, 0.3) is 0 Å². The maximum Gasteiger partial charge on any atom is 0.419 e. The van der Waals surface area contributed by atoms with Crippen molar-refractivity contribution in [2.24, 2.45) is 0 Å². The fraction of sp³-hybridized carbons (Fsp3) is 0.909. The Morgan fingerprint density at radius 2 is 1.95 bits per heavy atom. The van der Waals surface area contributed by atoms with Gasteiger partial charge in [-0.2, -0.15) is 13.2 Å². The largest absolute Gasteiger partial charge is 0.444 e. The summed E-state index contributed by atoms with van der Waals surface area (Å²) in [5.74, 6) is 0. The van der Waals surface area contributed by atoms with Crippen LogP contribution in [0, 0.1) is 0 Å². The SMILES string of the molecule is CC(C)(C)OC(=O)N1CC(O)(C(F)(F)F)C[C@@H]1CO. The van der Waals surface area contributed by atoms with Crippen LogP contribution in [0.15, 0.2) is 0 Å². The molecule has 2 N–H and O–H groups in total. The molecule has 8 heteroatoms. The number of halogens is 3. The first kappa shape index (κ1) is 16.0. The van der Waals surface area contributed by atoms with Crippen molar-refractivity contribution in [2.45, 2.75) is 50.6 Å². The number of carbonyl (C=O) groups excluding carboxylic acids is 1. The number of aliphatic hydroxyl groups excluding tert-OH is 1. The van der Waals surface area contributed by atoms with Crippen molar-refractivity contribution < 1.29 is 32.9 Å². The molecule has 1 amide bonds. The Morgan fingerprint density at radius 1 is 1.42 bits per heavy atom. The van der Waals surface area contributed by atoms with Crippen molar-refractivity contribution in [1.29, 1.82) is 0 Å². The fourth-order valence-electron chi connectivity index (χ4n) is 1.88. The molecule has 1 unspecified atom stereocenters. The predicted molar refractivity (Wildman–Crippen MR) is 59.4 cm³/mol. The quantitative estimate of drug-likeness (QED) is 0.761. The number of hydrogen-bond donors (Lipinski definition) is 2. The summed E-state index contributed by atoms with van der Waals surface area (Å²) in [6, 6.07) is -1.11. The molecule has 0 bridgehead atoms. The zero-order valence-electron chi connectivity index (χ0n) is 11.0. The van der Waals surface area contributed by atoms with Gasteiger partial charge >= 0.3 is 12.3 Å². The number of carbonyl (C=O) groups is 1. The Kier molecular flexibility index (Phi) is 4.07. The van der Waals surface area contributed by atoms with Gasteiger partial charge in [0.05, 0.1) is 19.2 Å². The van der Waals surface area contributed by atoms with Crippen LogP contribution in [0.5, 0.6) is 0 Å². The molecule has 19 heavy (non-hydrogen) atoms. The summed E-state index contributed by atoms with van der Waals surface area (Å²) in [5, 5.41) is 18.6. The Labute approximate surface area is 109 Å². The van der Waals surface area contributed by atoms with Gasteiger partial charge in [-0.05, 0) is 20.8 Å². The number of rotatable bonds is 1. The summed E-state index contributed by atoms with van der Waals surface area (Å²) < 4.78 is 43.1. The third-order valence-corrected chi connectivity index (χ3v) is 2.81. The first-order chi connectivity index (χ1) is 8.39. The zero-order chi connectivity index (χ0) is 15.1. The van der Waals surface area contributed by atoms with Gasteiger partial charge < -0.3 is 14.9 Å². The predicted octanol–water partition coefficient (Wildman–Crippen LogP) is 1.28. The Morgan fingerprint density at radius 3 is 2.32 bits per heavy atom. The van der Waals surface area contributed by atoms with E-state index in [0.29, 0.717) is 0 Å². The Balaban J connectivity index is 2.88. The molecule has 0 aromatic carbocycles. The van der Waals surface area contributed by atoms with Crippen LogP contribution in [0.4, 0.5) is 18.0 Å². The van der Waals surface area contributed by atoms with E-state index in [4.69, 9.17) is 9.84 Å². The number of hydrogen-bond acceptors (Lipinski definition) is 4. The van der Waals surface area contributed by atoms with Gasteiger partial charge in [-0.25, -0.2) is 4.79 Å². The zero-order valence-corrected chi connectivity index (χ0v) is 11.0. The minimum Gasteiger partial charge on any atom is -0.444 e. The van der Waals surface area contributed by atoms with Gasteiger partial charge in [0.1, 0.15) is 5.60 Å². The maximum atomic E-state index is 12.7. The fourth-order valence-corrected chi connectivity index (χ4v) is 1.88. The molecule has 0 spiro atoms. The molecule has 0 aliphatic carbocycles. The average molecular weight is 285 g/mol. The minimum absolute atomic E-state index is 0.669. The van der Waals surface area contributed by atoms with Crippen molar-refractivity contribution in [2.75, 3.05) is 13.2 Å². The average Bonchev–Trinajstić information content (AvgIpc) is 2.53. The van der Waals surface area contributed by atoms with E-state index in [0.717, 1.165) is 4.90 Å². The summed E-state index contributed by atoms with van der Waals surface area (Å²) in [7, 11) is 0. The molecule has 0 aromatic rings. The highest BCUT2D eigenvalue weighted by atomic mass is 19.4. The van der Waals surface area contributed by atoms with Crippen LogP contribution in [0.3, 0.4) is 0 Å². The lowest BCUT2D eigenvalue weighted by atomic mass is 10.0. The van der Waals surface area contributed by atoms with Gasteiger partial charge in [0, 0.05) is 6.42 Å². The number of likely N-dealkylation sites (tertiary alicyclic amines) is 1. The molecule has 1 saturated heterocycles. The highest BCUT2D eigenvalue weighted by Gasteiger charge is 2.61. The van der Waals surface area contributed by atoms with E-state index < -0.39 is 49.1 Å². The van der Waals surface area contributed by atoms with E-state index in [-0.39, 0.29) is 0 Å². The number of nitrogens with zero attached hydrogens (tertiary/aromatic N) is 1. The minimum atomic E-state index is -4.86. The highest BCUT2D eigenvalue weighted by Crippen LogP contribution is 2.40. The summed E-state index contributed by atoms with van der Waals surface area (Å²) >= 11 is 0. The molecule has 5 nitrogen and oxygen atoms in total. The van der Waals surface area contributed by atoms with Crippen molar-refractivity contribution in [3.8, 4) is 0 Å². The van der Waals surface area contributed by atoms with Crippen LogP contribution < -0.4 is 0 Å². The topological polar surface area (TPSA) is 70.0 Å². The van der Waals surface area contributed by atoms with E-state index in [1.807, 2.05) is 0 Å². The van der Waals surface area contributed by atoms with Gasteiger partial charge in [-0.1, -0.05) is 0 Å². The number of alkyl halides is 3. The Bertz CT molecular complexity index is 353. The van der Waals surface area contributed by atoms with Gasteiger partial charge in [-0.3, -0.25) is 4.90 Å². The number of aliphatic hydroxyl groups is 2. The first-order valence-electron chi connectivity index (χ1n) is 5.79. The standard InChI is InChI=1S/C11H18F3NO4/c1-9(2,3)19-8(17)15-6-10(18,11(12,13)14)4-7(15)5-16/h7,16,18H,4-6H2,1-3H3/t7-,10?/m1/s1. The van der Waals surface area contributed by atoms with E-state index in [2.05, 4.69) is 0 Å². The normalized spacial score (nSPS) is 28.6. The van der Waals surface area contributed by atoms with Crippen molar-refractivity contribution in [1.82, 2.24) is 4.90 Å². The van der Waals surface area contributed by atoms with Crippen LogP contribution in [-0.2, 0) is 4.74 Å². The van der Waals surface area contributed by atoms with Crippen LogP contribution in [-0.4, -0.2) is 57.8 Å². The second-order valence-corrected chi connectivity index (χ2v) is 5.68. The highest BCUT2D eigenvalue weighted by molar-refractivity contribution is 5.69. The number of ether oxygens (including phenoxy) is 1. The smallest absolute Gasteiger partial charge is 0.419 e. The maximum absolute atomic E-state index is 12.7. The number of amides is 1. The third-order valence-electron chi connectivity index (χ3n) is 2.81. The summed E-state index contributed by atoms with van der Waals surface area (Å²) in [6.07, 6.45) is -6.60. The van der Waals surface area contributed by atoms with Crippen LogP contribution in [0.2, 0.25) is 0 Å². The molecule has 0 radical (unpaired) electrons. The van der Waals surface area contributed by atoms with Gasteiger partial charge in [-0.15, -0.1) is 0 Å². The molecule has 0 saturated carbocycles. The van der Waals surface area contributed by atoms with E-state index in [9.17, 15) is 23.1 Å². The molecular weight excluding hydrogens is 267 g/mol. The lowest BCUT2D eigenvalue weighted by Crippen LogP contribution is -2.48. The molecule has 1 heterocycles. The van der Waals surface area contributed by atoms with Crippen molar-refractivity contribution in [3.63, 3.8) is 0 Å². The molecule has 2 atom stereocenters. The molecule has 1 rings (SSSR count). The lowest BCUT2D eigenvalue weighted by molar-refractivity contribution is -0.253. The van der Waals surface area contributed by atoms with Crippen molar-refractivity contribution in [3.05, 3.63) is 0 Å². The molecular formula is C11H18F3NO4. The molecule has 112 valence electrons. The monoisotopic (exact) mass is 285 g/mol. The number of β-amino-alcohol motifs (C(OH)–C–C–N with tert-alkyl or cyclic N) is 1. The Hall–Kier alpha value is -1.02. The van der Waals surface area contributed by atoms with E-state index in [1.165, 1.54) is 0 Å². The van der Waals surface area contributed by atoms with Gasteiger partial charge in [0.15, 0.2) is 5.60 Å². The second kappa shape index (κ2) is 4.82. The van der Waals surface area contributed by atoms with Crippen molar-refractivity contribution >= 4 is 6.09 Å². The summed E-state index contributed by atoms with van der Waals surface area (Å²) in [5.41, 5.74) is -3.87. The molecule has 1 fully saturated rings. The summed E-state index contributed by atoms with van der Waals surface area (Å²) in [4.78, 5) is 12.5. The van der Waals surface area contributed by atoms with Gasteiger partial charge in [0.2, 0.25) is 0 Å². The van der Waals surface area contributed by atoms with E-state index in [1.54, 1.807) is 20.8 Å². The van der Waals surface area contributed by atoms with Crippen LogP contribution in [0.1, 0.15) is 27.2 Å². The molecule has 0 aromatic heterocycles. The molecule has 1 aliphatic rings. The van der Waals surface area contributed by atoms with E-state index >= 15 is 0 Å². The van der Waals surface area contributed by atoms with Crippen LogP contribution >= 0.6 is 0 Å².